The van der Waals surface area contributed by atoms with E-state index in [1.54, 1.807) is 0 Å². The molecule has 0 aliphatic rings. The molecule has 0 radical (unpaired) electrons. The van der Waals surface area contributed by atoms with Crippen LogP contribution in [0.1, 0.15) is 32.1 Å². The molecule has 0 aliphatic heterocycles. The third kappa shape index (κ3) is 7.83. The van der Waals surface area contributed by atoms with Crippen molar-refractivity contribution in [2.75, 3.05) is 6.54 Å². The van der Waals surface area contributed by atoms with Crippen LogP contribution in [0.3, 0.4) is 0 Å². The molecule has 0 bridgehead atoms. The lowest BCUT2D eigenvalue weighted by atomic mass is 10.2. The highest BCUT2D eigenvalue weighted by Gasteiger charge is 2.10. The van der Waals surface area contributed by atoms with E-state index >= 15 is 0 Å². The predicted molar refractivity (Wildman–Crippen MR) is 60.5 cm³/mol. The topological polar surface area (TPSA) is 92.4 Å². The molecule has 1 amide bonds. The van der Waals surface area contributed by atoms with Crippen LogP contribution in [0.4, 0.5) is 0 Å². The maximum Gasteiger partial charge on any atom is 0.303 e. The highest BCUT2D eigenvalue weighted by atomic mass is 16.4. The molecule has 0 heterocycles. The van der Waals surface area contributed by atoms with E-state index in [9.17, 15) is 9.59 Å². The maximum absolute atomic E-state index is 11.2. The lowest BCUT2D eigenvalue weighted by Gasteiger charge is -2.09. The molecule has 5 heteroatoms. The first-order valence-electron chi connectivity index (χ1n) is 5.26. The normalized spacial score (nSPS) is 11.5. The molecule has 5 nitrogen and oxygen atoms in total. The monoisotopic (exact) mass is 226 g/mol. The number of hydrogen-bond donors (Lipinski definition) is 3. The molecule has 0 spiro atoms. The van der Waals surface area contributed by atoms with Crippen LogP contribution in [-0.2, 0) is 9.59 Å². The average molecular weight is 226 g/mol. The second-order valence-electron chi connectivity index (χ2n) is 3.51. The minimum Gasteiger partial charge on any atom is -0.481 e. The molecule has 0 aliphatic carbocycles. The molecule has 0 saturated carbocycles. The number of rotatable bonds is 8. The molecule has 0 rings (SSSR count). The van der Waals surface area contributed by atoms with E-state index in [0.717, 1.165) is 12.8 Å². The highest BCUT2D eigenvalue weighted by Crippen LogP contribution is 1.98. The van der Waals surface area contributed by atoms with Gasteiger partial charge in [0.15, 0.2) is 0 Å². The number of carboxylic acids is 1. The van der Waals surface area contributed by atoms with Crippen molar-refractivity contribution in [2.45, 2.75) is 38.1 Å². The minimum absolute atomic E-state index is 0.171. The van der Waals surface area contributed by atoms with Crippen molar-refractivity contribution in [1.29, 1.82) is 0 Å². The van der Waals surface area contributed by atoms with Crippen molar-refractivity contribution in [3.8, 4) is 12.3 Å². The highest BCUT2D eigenvalue weighted by molar-refractivity contribution is 5.81. The van der Waals surface area contributed by atoms with E-state index in [-0.39, 0.29) is 18.7 Å². The van der Waals surface area contributed by atoms with Crippen LogP contribution in [-0.4, -0.2) is 29.6 Å². The summed E-state index contributed by atoms with van der Waals surface area (Å²) in [4.78, 5) is 21.4. The van der Waals surface area contributed by atoms with Gasteiger partial charge in [0.1, 0.15) is 0 Å². The van der Waals surface area contributed by atoms with Crippen LogP contribution in [0.15, 0.2) is 0 Å². The Morgan fingerprint density at radius 1 is 1.38 bits per heavy atom. The smallest absolute Gasteiger partial charge is 0.303 e. The Hall–Kier alpha value is -1.54. The van der Waals surface area contributed by atoms with Crippen LogP contribution >= 0.6 is 0 Å². The van der Waals surface area contributed by atoms with E-state index in [2.05, 4.69) is 11.2 Å². The van der Waals surface area contributed by atoms with Crippen molar-refractivity contribution in [1.82, 2.24) is 5.32 Å². The molecular weight excluding hydrogens is 208 g/mol. The fraction of sp³-hybridized carbons (Fsp3) is 0.636. The molecule has 4 N–H and O–H groups in total. The van der Waals surface area contributed by atoms with Gasteiger partial charge in [-0.25, -0.2) is 0 Å². The number of nitrogens with one attached hydrogen (secondary N) is 1. The zero-order valence-corrected chi connectivity index (χ0v) is 9.24. The summed E-state index contributed by atoms with van der Waals surface area (Å²) in [5.74, 6) is 1.28. The number of carboxylic acid groups (broad SMARTS) is 1. The molecule has 0 saturated heterocycles. The van der Waals surface area contributed by atoms with Gasteiger partial charge >= 0.3 is 5.97 Å². The van der Waals surface area contributed by atoms with Crippen LogP contribution < -0.4 is 11.1 Å². The van der Waals surface area contributed by atoms with Gasteiger partial charge in [0.2, 0.25) is 5.91 Å². The second kappa shape index (κ2) is 8.74. The second-order valence-corrected chi connectivity index (χ2v) is 3.51. The summed E-state index contributed by atoms with van der Waals surface area (Å²) < 4.78 is 0. The minimum atomic E-state index is -0.792. The fourth-order valence-corrected chi connectivity index (χ4v) is 1.14. The number of aliphatic carboxylic acids is 1. The summed E-state index contributed by atoms with van der Waals surface area (Å²) in [6, 6.07) is -0.649. The van der Waals surface area contributed by atoms with E-state index in [1.165, 1.54) is 0 Å². The lowest BCUT2D eigenvalue weighted by molar-refractivity contribution is -0.137. The van der Waals surface area contributed by atoms with E-state index in [4.69, 9.17) is 17.3 Å². The molecule has 90 valence electrons. The van der Waals surface area contributed by atoms with Crippen molar-refractivity contribution in [2.24, 2.45) is 5.73 Å². The maximum atomic E-state index is 11.2. The number of unbranched alkanes of at least 4 members (excludes halogenated alkanes) is 2. The van der Waals surface area contributed by atoms with Crippen LogP contribution in [0.2, 0.25) is 0 Å². The Morgan fingerprint density at radius 3 is 2.62 bits per heavy atom. The zero-order chi connectivity index (χ0) is 12.4. The first-order chi connectivity index (χ1) is 7.57. The molecule has 1 unspecified atom stereocenters. The Labute approximate surface area is 95.4 Å². The van der Waals surface area contributed by atoms with Gasteiger partial charge in [0.25, 0.3) is 0 Å². The Kier molecular flexibility index (Phi) is 7.90. The van der Waals surface area contributed by atoms with E-state index < -0.39 is 12.0 Å². The number of carbonyl (C=O) groups is 2. The molecule has 16 heavy (non-hydrogen) atoms. The van der Waals surface area contributed by atoms with Gasteiger partial charge in [-0.1, -0.05) is 6.42 Å². The summed E-state index contributed by atoms with van der Waals surface area (Å²) in [6.07, 6.45) is 7.58. The molecular formula is C11H18N2O3. The molecule has 0 aromatic carbocycles. The van der Waals surface area contributed by atoms with Crippen LogP contribution in [0.5, 0.6) is 0 Å². The van der Waals surface area contributed by atoms with Crippen LogP contribution in [0, 0.1) is 12.3 Å². The molecule has 0 aromatic heterocycles. The first-order valence-corrected chi connectivity index (χ1v) is 5.26. The third-order valence-corrected chi connectivity index (χ3v) is 2.04. The Morgan fingerprint density at radius 2 is 2.06 bits per heavy atom. The molecule has 0 fully saturated rings. The molecule has 1 atom stereocenters. The van der Waals surface area contributed by atoms with Gasteiger partial charge in [-0.2, -0.15) is 0 Å². The standard InChI is InChI=1S/C11H18N2O3/c1-2-6-9(12)11(16)13-8-5-3-4-7-10(14)15/h1,9H,3-8,12H2,(H,13,16)(H,14,15). The lowest BCUT2D eigenvalue weighted by Crippen LogP contribution is -2.40. The molecule has 0 aromatic rings. The van der Waals surface area contributed by atoms with Gasteiger partial charge in [-0.3, -0.25) is 9.59 Å². The van der Waals surface area contributed by atoms with Gasteiger partial charge in [-0.15, -0.1) is 12.3 Å². The largest absolute Gasteiger partial charge is 0.481 e. The first kappa shape index (κ1) is 14.5. The van der Waals surface area contributed by atoms with Crippen molar-refractivity contribution in [3.63, 3.8) is 0 Å². The van der Waals surface area contributed by atoms with Crippen molar-refractivity contribution in [3.05, 3.63) is 0 Å². The fourth-order valence-electron chi connectivity index (χ4n) is 1.14. The van der Waals surface area contributed by atoms with E-state index in [0.29, 0.717) is 13.0 Å². The quantitative estimate of drug-likeness (QED) is 0.404. The zero-order valence-electron chi connectivity index (χ0n) is 9.24. The average Bonchev–Trinajstić information content (AvgIpc) is 2.22. The predicted octanol–water partition coefficient (Wildman–Crippen LogP) is 0.0982. The Balaban J connectivity index is 3.41. The number of nitrogens with two attached hydrogens (primary N) is 1. The van der Waals surface area contributed by atoms with Crippen molar-refractivity contribution < 1.29 is 14.7 Å². The van der Waals surface area contributed by atoms with Gasteiger partial charge in [0, 0.05) is 19.4 Å². The third-order valence-electron chi connectivity index (χ3n) is 2.04. The number of hydrogen-bond acceptors (Lipinski definition) is 3. The number of terminal acetylenes is 1. The summed E-state index contributed by atoms with van der Waals surface area (Å²) >= 11 is 0. The van der Waals surface area contributed by atoms with Gasteiger partial charge < -0.3 is 16.2 Å². The van der Waals surface area contributed by atoms with Gasteiger partial charge in [0.05, 0.1) is 6.04 Å². The number of carbonyl (C=O) groups excluding carboxylic acids is 1. The van der Waals surface area contributed by atoms with Crippen molar-refractivity contribution >= 4 is 11.9 Å². The van der Waals surface area contributed by atoms with Crippen LogP contribution in [0.25, 0.3) is 0 Å². The number of amides is 1. The summed E-state index contributed by atoms with van der Waals surface area (Å²) in [7, 11) is 0. The van der Waals surface area contributed by atoms with E-state index in [1.807, 2.05) is 0 Å². The van der Waals surface area contributed by atoms with Gasteiger partial charge in [-0.05, 0) is 12.8 Å². The summed E-state index contributed by atoms with van der Waals surface area (Å²) in [6.45, 7) is 0.511. The summed E-state index contributed by atoms with van der Waals surface area (Å²) in [5, 5.41) is 11.0. The summed E-state index contributed by atoms with van der Waals surface area (Å²) in [5.41, 5.74) is 5.48. The SMILES string of the molecule is C#CCC(N)C(=O)NCCCCCC(=O)O. The Bertz CT molecular complexity index is 271.